The van der Waals surface area contributed by atoms with E-state index in [1.165, 1.54) is 18.2 Å². The van der Waals surface area contributed by atoms with E-state index in [9.17, 15) is 14.3 Å². The minimum absolute atomic E-state index is 0.212. The van der Waals surface area contributed by atoms with Gasteiger partial charge in [0.05, 0.1) is 5.41 Å². The number of carboxylic acid groups (broad SMARTS) is 1. The highest BCUT2D eigenvalue weighted by Gasteiger charge is 2.44. The Hall–Kier alpha value is -1.09. The zero-order valence-electron chi connectivity index (χ0n) is 8.67. The first-order chi connectivity index (χ1) is 7.56. The maximum absolute atomic E-state index is 12.9. The highest BCUT2D eigenvalue weighted by Crippen LogP contribution is 2.44. The monoisotopic (exact) mass is 242 g/mol. The molecule has 2 rings (SSSR count). The smallest absolute Gasteiger partial charge is 0.314 e. The molecule has 2 nitrogen and oxygen atoms in total. The summed E-state index contributed by atoms with van der Waals surface area (Å²) in [5, 5.41) is 9.57. The van der Waals surface area contributed by atoms with Crippen molar-refractivity contribution in [1.82, 2.24) is 0 Å². The molecule has 1 aromatic rings. The molecule has 0 heterocycles. The maximum Gasteiger partial charge on any atom is 0.314 e. The van der Waals surface area contributed by atoms with Crippen molar-refractivity contribution in [3.8, 4) is 0 Å². The van der Waals surface area contributed by atoms with Gasteiger partial charge in [-0.05, 0) is 30.5 Å². The van der Waals surface area contributed by atoms with Crippen molar-refractivity contribution in [3.05, 3.63) is 34.6 Å². The van der Waals surface area contributed by atoms with Gasteiger partial charge in [0, 0.05) is 5.02 Å². The lowest BCUT2D eigenvalue weighted by Crippen LogP contribution is -2.32. The summed E-state index contributed by atoms with van der Waals surface area (Å²) in [6.45, 7) is 0. The number of halogens is 2. The minimum atomic E-state index is -0.912. The van der Waals surface area contributed by atoms with Crippen LogP contribution in [0.4, 0.5) is 4.39 Å². The van der Waals surface area contributed by atoms with Gasteiger partial charge in [0.1, 0.15) is 5.82 Å². The van der Waals surface area contributed by atoms with Crippen molar-refractivity contribution in [1.29, 1.82) is 0 Å². The molecule has 1 N–H and O–H groups in total. The van der Waals surface area contributed by atoms with E-state index in [-0.39, 0.29) is 5.02 Å². The van der Waals surface area contributed by atoms with Gasteiger partial charge in [-0.15, -0.1) is 0 Å². The van der Waals surface area contributed by atoms with Crippen molar-refractivity contribution in [2.75, 3.05) is 0 Å². The molecule has 1 aliphatic carbocycles. The first-order valence-corrected chi connectivity index (χ1v) is 5.63. The van der Waals surface area contributed by atoms with Crippen molar-refractivity contribution in [3.63, 3.8) is 0 Å². The predicted molar refractivity (Wildman–Crippen MR) is 59.2 cm³/mol. The largest absolute Gasteiger partial charge is 0.481 e. The number of aliphatic carboxylic acids is 1. The molecular weight excluding hydrogens is 231 g/mol. The summed E-state index contributed by atoms with van der Waals surface area (Å²) in [7, 11) is 0. The van der Waals surface area contributed by atoms with Gasteiger partial charge in [-0.1, -0.05) is 30.5 Å². The molecule has 0 amide bonds. The minimum Gasteiger partial charge on any atom is -0.481 e. The molecule has 0 atom stereocenters. The third-order valence-corrected chi connectivity index (χ3v) is 3.63. The SMILES string of the molecule is O=C(O)C1(c2ccc(F)cc2Cl)CCCC1. The average molecular weight is 243 g/mol. The summed E-state index contributed by atoms with van der Waals surface area (Å²) < 4.78 is 12.9. The second-order valence-corrected chi connectivity index (χ2v) is 4.63. The Morgan fingerprint density at radius 2 is 2.00 bits per heavy atom. The quantitative estimate of drug-likeness (QED) is 0.863. The lowest BCUT2D eigenvalue weighted by atomic mass is 9.79. The first-order valence-electron chi connectivity index (χ1n) is 5.25. The van der Waals surface area contributed by atoms with Crippen LogP contribution in [-0.2, 0) is 10.2 Å². The van der Waals surface area contributed by atoms with Crippen molar-refractivity contribution >= 4 is 17.6 Å². The molecule has 0 aliphatic heterocycles. The highest BCUT2D eigenvalue weighted by molar-refractivity contribution is 6.31. The summed E-state index contributed by atoms with van der Waals surface area (Å²) in [5.41, 5.74) is -0.370. The van der Waals surface area contributed by atoms with E-state index in [4.69, 9.17) is 11.6 Å². The zero-order chi connectivity index (χ0) is 11.8. The van der Waals surface area contributed by atoms with Crippen molar-refractivity contribution in [2.24, 2.45) is 0 Å². The van der Waals surface area contributed by atoms with Crippen LogP contribution in [0.5, 0.6) is 0 Å². The maximum atomic E-state index is 12.9. The van der Waals surface area contributed by atoms with Crippen LogP contribution in [0.25, 0.3) is 0 Å². The Morgan fingerprint density at radius 3 is 2.50 bits per heavy atom. The fourth-order valence-electron chi connectivity index (χ4n) is 2.45. The topological polar surface area (TPSA) is 37.3 Å². The summed E-state index contributed by atoms with van der Waals surface area (Å²) >= 11 is 5.94. The zero-order valence-corrected chi connectivity index (χ0v) is 9.43. The second kappa shape index (κ2) is 4.06. The molecule has 4 heteroatoms. The third kappa shape index (κ3) is 1.69. The molecule has 1 saturated carbocycles. The van der Waals surface area contributed by atoms with Crippen molar-refractivity contribution in [2.45, 2.75) is 31.1 Å². The van der Waals surface area contributed by atoms with Gasteiger partial charge in [-0.25, -0.2) is 4.39 Å². The Labute approximate surface area is 98.0 Å². The van der Waals surface area contributed by atoms with E-state index in [2.05, 4.69) is 0 Å². The first kappa shape index (κ1) is 11.4. The van der Waals surface area contributed by atoms with Crippen molar-refractivity contribution < 1.29 is 14.3 Å². The van der Waals surface area contributed by atoms with E-state index < -0.39 is 17.2 Å². The summed E-state index contributed by atoms with van der Waals surface area (Å²) in [4.78, 5) is 11.4. The number of carboxylic acids is 1. The van der Waals surface area contributed by atoms with Gasteiger partial charge in [-0.2, -0.15) is 0 Å². The molecule has 0 saturated heterocycles. The summed E-state index contributed by atoms with van der Waals surface area (Å²) in [5.74, 6) is -1.30. The number of benzene rings is 1. The van der Waals surface area contributed by atoms with Gasteiger partial charge in [-0.3, -0.25) is 4.79 Å². The van der Waals surface area contributed by atoms with Crippen LogP contribution in [0, 0.1) is 5.82 Å². The molecule has 1 aromatic carbocycles. The van der Waals surface area contributed by atoms with Crippen LogP contribution < -0.4 is 0 Å². The van der Waals surface area contributed by atoms with Crippen LogP contribution in [0.3, 0.4) is 0 Å². The Morgan fingerprint density at radius 1 is 1.38 bits per heavy atom. The van der Waals surface area contributed by atoms with E-state index in [1.807, 2.05) is 0 Å². The van der Waals surface area contributed by atoms with Crippen LogP contribution in [0.2, 0.25) is 5.02 Å². The van der Waals surface area contributed by atoms with Crippen LogP contribution in [0.15, 0.2) is 18.2 Å². The molecular formula is C12H12ClFO2. The molecule has 1 aliphatic rings. The van der Waals surface area contributed by atoms with Gasteiger partial charge in [0.25, 0.3) is 0 Å². The van der Waals surface area contributed by atoms with E-state index >= 15 is 0 Å². The molecule has 0 bridgehead atoms. The number of hydrogen-bond acceptors (Lipinski definition) is 1. The highest BCUT2D eigenvalue weighted by atomic mass is 35.5. The van der Waals surface area contributed by atoms with Crippen LogP contribution >= 0.6 is 11.6 Å². The summed E-state index contributed by atoms with van der Waals surface area (Å²) in [6, 6.07) is 3.95. The molecule has 0 aromatic heterocycles. The van der Waals surface area contributed by atoms with Gasteiger partial charge >= 0.3 is 5.97 Å². The van der Waals surface area contributed by atoms with Gasteiger partial charge in [0.2, 0.25) is 0 Å². The number of hydrogen-bond donors (Lipinski definition) is 1. The van der Waals surface area contributed by atoms with Crippen LogP contribution in [0.1, 0.15) is 31.2 Å². The molecule has 0 spiro atoms. The molecule has 0 unspecified atom stereocenters. The molecule has 0 radical (unpaired) electrons. The number of rotatable bonds is 2. The van der Waals surface area contributed by atoms with Crippen LogP contribution in [-0.4, -0.2) is 11.1 Å². The predicted octanol–water partition coefficient (Wildman–Crippen LogP) is 3.38. The lowest BCUT2D eigenvalue weighted by molar-refractivity contribution is -0.143. The Bertz CT molecular complexity index is 425. The second-order valence-electron chi connectivity index (χ2n) is 4.22. The average Bonchev–Trinajstić information content (AvgIpc) is 2.67. The third-order valence-electron chi connectivity index (χ3n) is 3.31. The normalized spacial score (nSPS) is 18.6. The molecule has 86 valence electrons. The van der Waals surface area contributed by atoms with Gasteiger partial charge in [0.15, 0.2) is 0 Å². The van der Waals surface area contributed by atoms with E-state index in [0.29, 0.717) is 18.4 Å². The number of carbonyl (C=O) groups is 1. The molecule has 16 heavy (non-hydrogen) atoms. The molecule has 1 fully saturated rings. The van der Waals surface area contributed by atoms with Gasteiger partial charge < -0.3 is 5.11 Å². The fraction of sp³-hybridized carbons (Fsp3) is 0.417. The Kier molecular flexibility index (Phi) is 2.89. The fourth-order valence-corrected chi connectivity index (χ4v) is 2.80. The Balaban J connectivity index is 2.51. The summed E-state index contributed by atoms with van der Waals surface area (Å²) in [6.07, 6.45) is 2.90. The standard InChI is InChI=1S/C12H12ClFO2/c13-10-7-8(14)3-4-9(10)12(11(15)16)5-1-2-6-12/h3-4,7H,1-2,5-6H2,(H,15,16). The van der Waals surface area contributed by atoms with E-state index in [0.717, 1.165) is 12.8 Å². The van der Waals surface area contributed by atoms with E-state index in [1.54, 1.807) is 0 Å². The lowest BCUT2D eigenvalue weighted by Gasteiger charge is -2.25.